The highest BCUT2D eigenvalue weighted by atomic mass is 19.1. The second kappa shape index (κ2) is 21.3. The van der Waals surface area contributed by atoms with E-state index in [0.29, 0.717) is 11.4 Å². The largest absolute Gasteiger partial charge is 0.310 e. The first kappa shape index (κ1) is 53.6. The van der Waals surface area contributed by atoms with Crippen LogP contribution in [0.4, 0.5) is 42.9 Å². The molecule has 2 aliphatic rings. The molecule has 0 radical (unpaired) electrons. The summed E-state index contributed by atoms with van der Waals surface area (Å²) in [4.78, 5) is 4.20. The Morgan fingerprint density at radius 3 is 1.00 bits per heavy atom. The molecule has 86 heavy (non-hydrogen) atoms. The average Bonchev–Trinajstić information content (AvgIpc) is 1.57. The van der Waals surface area contributed by atoms with Gasteiger partial charge in [-0.2, -0.15) is 0 Å². The standard InChI is InChI=1S/C82H62F2N2/c1-7-57-31-35-59(36-32-57)81(75-47-53(3)27-29-55(75)5)73-25-17-15-23-67(73)69-43-39-63(49-77(69)81)85(61-19-11-9-12-20-61)65-41-45-71(79(83)51-65)72-46-42-66(52-80(72)84)86(62-21-13-10-14-22-62)64-40-44-70-68-24-16-18-26-74(68)82(78(70)50-64,60-37-33-58(8-2)34-38-60)76-48-54(4)28-30-56(76)6/h7-52H,1-2H2,3-6H3. The van der Waals surface area contributed by atoms with Gasteiger partial charge in [-0.25, -0.2) is 8.78 Å². The van der Waals surface area contributed by atoms with E-state index in [1.54, 1.807) is 12.1 Å². The van der Waals surface area contributed by atoms with Crippen LogP contribution in [0.3, 0.4) is 0 Å². The second-order valence-electron chi connectivity index (χ2n) is 23.0. The van der Waals surface area contributed by atoms with Crippen molar-refractivity contribution in [3.05, 3.63) is 370 Å². The number of nitrogens with zero attached hydrogens (tertiary/aromatic N) is 2. The van der Waals surface area contributed by atoms with Crippen LogP contribution in [0.5, 0.6) is 0 Å². The van der Waals surface area contributed by atoms with Gasteiger partial charge in [0.05, 0.1) is 10.8 Å². The monoisotopic (exact) mass is 1110 g/mol. The predicted octanol–water partition coefficient (Wildman–Crippen LogP) is 21.8. The summed E-state index contributed by atoms with van der Waals surface area (Å²) in [5.41, 5.74) is 24.3. The summed E-state index contributed by atoms with van der Waals surface area (Å²) in [6.07, 6.45) is 3.76. The molecule has 414 valence electrons. The Kier molecular flexibility index (Phi) is 13.3. The molecule has 0 aromatic heterocycles. The second-order valence-corrected chi connectivity index (χ2v) is 23.0. The number of hydrogen-bond acceptors (Lipinski definition) is 2. The maximum Gasteiger partial charge on any atom is 0.133 e. The first-order chi connectivity index (χ1) is 42.0. The number of halogens is 2. The fourth-order valence-electron chi connectivity index (χ4n) is 14.1. The van der Waals surface area contributed by atoms with Gasteiger partial charge in [-0.05, 0) is 202 Å². The first-order valence-electron chi connectivity index (χ1n) is 29.4. The van der Waals surface area contributed by atoms with Crippen molar-refractivity contribution in [1.82, 2.24) is 0 Å². The minimum Gasteiger partial charge on any atom is -0.310 e. The minimum absolute atomic E-state index is 0.162. The van der Waals surface area contributed by atoms with E-state index in [4.69, 9.17) is 0 Å². The van der Waals surface area contributed by atoms with Gasteiger partial charge in [0.2, 0.25) is 0 Å². The molecular weight excluding hydrogens is 1050 g/mol. The summed E-state index contributed by atoms with van der Waals surface area (Å²) >= 11 is 0. The molecule has 2 aliphatic carbocycles. The normalized spacial score (nSPS) is 15.3. The number of hydrogen-bond donors (Lipinski definition) is 0. The van der Waals surface area contributed by atoms with Crippen molar-refractivity contribution in [3.63, 3.8) is 0 Å². The maximum atomic E-state index is 17.5. The molecule has 0 N–H and O–H groups in total. The van der Waals surface area contributed by atoms with Gasteiger partial charge in [-0.1, -0.05) is 218 Å². The molecule has 12 aromatic rings. The first-order valence-corrected chi connectivity index (χ1v) is 29.4. The van der Waals surface area contributed by atoms with Gasteiger partial charge in [0.1, 0.15) is 11.6 Å². The van der Waals surface area contributed by atoms with E-state index in [0.717, 1.165) is 67.3 Å². The van der Waals surface area contributed by atoms with E-state index < -0.39 is 22.5 Å². The van der Waals surface area contributed by atoms with Gasteiger partial charge < -0.3 is 9.80 Å². The predicted molar refractivity (Wildman–Crippen MR) is 355 cm³/mol. The summed E-state index contributed by atoms with van der Waals surface area (Å²) < 4.78 is 35.0. The van der Waals surface area contributed by atoms with E-state index >= 15 is 8.78 Å². The summed E-state index contributed by atoms with van der Waals surface area (Å²) in [5.74, 6) is -1.09. The summed E-state index contributed by atoms with van der Waals surface area (Å²) in [6, 6.07) is 92.2. The van der Waals surface area contributed by atoms with Crippen LogP contribution in [0.1, 0.15) is 77.9 Å². The topological polar surface area (TPSA) is 6.48 Å². The highest BCUT2D eigenvalue weighted by molar-refractivity contribution is 5.92. The zero-order chi connectivity index (χ0) is 58.8. The van der Waals surface area contributed by atoms with Crippen LogP contribution in [-0.2, 0) is 10.8 Å². The van der Waals surface area contributed by atoms with Crippen LogP contribution >= 0.6 is 0 Å². The van der Waals surface area contributed by atoms with Gasteiger partial charge >= 0.3 is 0 Å². The molecule has 4 heteroatoms. The Balaban J connectivity index is 0.882. The zero-order valence-corrected chi connectivity index (χ0v) is 48.6. The van der Waals surface area contributed by atoms with Crippen LogP contribution in [-0.4, -0.2) is 0 Å². The highest BCUT2D eigenvalue weighted by Crippen LogP contribution is 2.60. The van der Waals surface area contributed by atoms with Crippen LogP contribution in [0, 0.1) is 39.3 Å². The molecule has 0 aliphatic heterocycles. The van der Waals surface area contributed by atoms with E-state index in [1.807, 2.05) is 84.9 Å². The number of fused-ring (bicyclic) bond motifs is 6. The number of rotatable bonds is 13. The van der Waals surface area contributed by atoms with E-state index in [1.165, 1.54) is 67.8 Å². The van der Waals surface area contributed by atoms with Crippen LogP contribution in [0.15, 0.2) is 280 Å². The van der Waals surface area contributed by atoms with Crippen LogP contribution < -0.4 is 9.80 Å². The molecule has 0 heterocycles. The number of anilines is 6. The highest BCUT2D eigenvalue weighted by Gasteiger charge is 2.49. The molecule has 0 saturated heterocycles. The summed E-state index contributed by atoms with van der Waals surface area (Å²) in [6.45, 7) is 16.8. The Morgan fingerprint density at radius 2 is 0.628 bits per heavy atom. The van der Waals surface area contributed by atoms with Crippen molar-refractivity contribution in [3.8, 4) is 33.4 Å². The summed E-state index contributed by atoms with van der Waals surface area (Å²) in [5, 5.41) is 0. The minimum atomic E-state index is -0.690. The lowest BCUT2D eigenvalue weighted by Gasteiger charge is -2.36. The molecule has 2 nitrogen and oxygen atoms in total. The Labute approximate surface area is 503 Å². The van der Waals surface area contributed by atoms with E-state index in [-0.39, 0.29) is 11.1 Å². The molecule has 0 bridgehead atoms. The smallest absolute Gasteiger partial charge is 0.133 e. The van der Waals surface area contributed by atoms with Gasteiger partial charge in [0.25, 0.3) is 0 Å². The number of aryl methyl sites for hydroxylation is 4. The van der Waals surface area contributed by atoms with Crippen molar-refractivity contribution in [1.29, 1.82) is 0 Å². The number of para-hydroxylation sites is 2. The quantitative estimate of drug-likeness (QED) is 0.114. The molecule has 2 atom stereocenters. The van der Waals surface area contributed by atoms with Gasteiger partial charge in [-0.3, -0.25) is 0 Å². The lowest BCUT2D eigenvalue weighted by Crippen LogP contribution is -2.30. The van der Waals surface area contributed by atoms with Crippen LogP contribution in [0.2, 0.25) is 0 Å². The summed E-state index contributed by atoms with van der Waals surface area (Å²) in [7, 11) is 0. The lowest BCUT2D eigenvalue weighted by atomic mass is 9.66. The van der Waals surface area contributed by atoms with Crippen LogP contribution in [0.25, 0.3) is 45.5 Å². The van der Waals surface area contributed by atoms with Gasteiger partial charge in [0.15, 0.2) is 0 Å². The molecule has 0 saturated carbocycles. The molecular formula is C82H62F2N2. The lowest BCUT2D eigenvalue weighted by molar-refractivity contribution is 0.616. The van der Waals surface area contributed by atoms with Crippen molar-refractivity contribution in [2.24, 2.45) is 0 Å². The van der Waals surface area contributed by atoms with Crippen molar-refractivity contribution in [2.45, 2.75) is 38.5 Å². The SMILES string of the molecule is C=Cc1ccc(C2(c3cc(C)ccc3C)c3ccccc3-c3ccc(N(c4ccccc4)c4ccc(-c5ccc(N(c6ccccc6)c6ccc7c(c6)C(c6ccc(C=C)cc6)(c6cc(C)ccc6C)c6ccccc6-7)cc5F)c(F)c4)cc32)cc1. The molecule has 2 unspecified atom stereocenters. The van der Waals surface area contributed by atoms with E-state index in [2.05, 4.69) is 221 Å². The third-order valence-corrected chi connectivity index (χ3v) is 18.1. The Hall–Kier alpha value is -10.4. The van der Waals surface area contributed by atoms with Gasteiger partial charge in [0, 0.05) is 45.3 Å². The van der Waals surface area contributed by atoms with Crippen molar-refractivity contribution >= 4 is 46.3 Å². The van der Waals surface area contributed by atoms with Crippen molar-refractivity contribution < 1.29 is 8.78 Å². The molecule has 12 aromatic carbocycles. The third kappa shape index (κ3) is 8.50. The number of benzene rings is 12. The Bertz CT molecular complexity index is 4340. The third-order valence-electron chi connectivity index (χ3n) is 18.1. The average molecular weight is 1110 g/mol. The molecule has 0 amide bonds. The zero-order valence-electron chi connectivity index (χ0n) is 48.6. The van der Waals surface area contributed by atoms with Gasteiger partial charge in [-0.15, -0.1) is 0 Å². The molecule has 0 fully saturated rings. The van der Waals surface area contributed by atoms with Crippen molar-refractivity contribution in [2.75, 3.05) is 9.80 Å². The maximum absolute atomic E-state index is 17.5. The van der Waals surface area contributed by atoms with E-state index in [9.17, 15) is 0 Å². The Morgan fingerprint density at radius 1 is 0.291 bits per heavy atom. The fourth-order valence-corrected chi connectivity index (χ4v) is 14.1. The molecule has 14 rings (SSSR count). The fraction of sp³-hybridized carbons (Fsp3) is 0.0732. The molecule has 0 spiro atoms.